The van der Waals surface area contributed by atoms with Crippen LogP contribution in [0.4, 0.5) is 0 Å². The number of allylic oxidation sites excluding steroid dienone is 6. The van der Waals surface area contributed by atoms with Crippen LogP contribution in [-0.2, 0) is 0 Å². The third-order valence-electron chi connectivity index (χ3n) is 2.96. The number of rotatable bonds is 5. The largest absolute Gasteiger partial charge is 0.402 e. The molecule has 0 saturated carbocycles. The quantitative estimate of drug-likeness (QED) is 0.439. The second kappa shape index (κ2) is 7.17. The van der Waals surface area contributed by atoms with E-state index in [2.05, 4.69) is 33.8 Å². The molecule has 0 heterocycles. The molecule has 0 bridgehead atoms. The molecular formula is C14H27N3. The van der Waals surface area contributed by atoms with Crippen molar-refractivity contribution < 1.29 is 0 Å². The molecule has 0 spiro atoms. The van der Waals surface area contributed by atoms with Crippen molar-refractivity contribution in [3.63, 3.8) is 0 Å². The second-order valence-electron chi connectivity index (χ2n) is 4.70. The van der Waals surface area contributed by atoms with Gasteiger partial charge >= 0.3 is 0 Å². The molecule has 0 aliphatic heterocycles. The van der Waals surface area contributed by atoms with E-state index in [1.54, 1.807) is 0 Å². The average Bonchev–Trinajstić information content (AvgIpc) is 2.25. The van der Waals surface area contributed by atoms with Crippen LogP contribution >= 0.6 is 0 Å². The minimum atomic E-state index is 0.353. The Balaban J connectivity index is 4.96. The highest BCUT2D eigenvalue weighted by molar-refractivity contribution is 5.32. The Hall–Kier alpha value is -1.22. The highest BCUT2D eigenvalue weighted by Gasteiger charge is 2.07. The summed E-state index contributed by atoms with van der Waals surface area (Å²) in [5, 5.41) is 1.82. The fraction of sp³-hybridized carbons (Fsp3) is 0.571. The van der Waals surface area contributed by atoms with E-state index >= 15 is 0 Å². The van der Waals surface area contributed by atoms with Crippen molar-refractivity contribution in [3.05, 3.63) is 34.7 Å². The lowest BCUT2D eigenvalue weighted by molar-refractivity contribution is 0.270. The Morgan fingerprint density at radius 2 is 1.59 bits per heavy atom. The number of nitrogens with two attached hydrogens (primary N) is 2. The summed E-state index contributed by atoms with van der Waals surface area (Å²) in [4.78, 5) is 0. The molecule has 0 radical (unpaired) electrons. The summed E-state index contributed by atoms with van der Waals surface area (Å²) < 4.78 is 0. The van der Waals surface area contributed by atoms with Crippen LogP contribution in [0.5, 0.6) is 0 Å². The lowest BCUT2D eigenvalue weighted by Gasteiger charge is -2.26. The van der Waals surface area contributed by atoms with Crippen molar-refractivity contribution in [2.75, 3.05) is 0 Å². The van der Waals surface area contributed by atoms with Gasteiger partial charge in [-0.15, -0.1) is 0 Å². The zero-order valence-corrected chi connectivity index (χ0v) is 12.0. The van der Waals surface area contributed by atoms with E-state index in [9.17, 15) is 0 Å². The van der Waals surface area contributed by atoms with Crippen molar-refractivity contribution in [2.24, 2.45) is 11.6 Å². The molecule has 3 nitrogen and oxygen atoms in total. The van der Waals surface area contributed by atoms with Crippen molar-refractivity contribution in [3.8, 4) is 0 Å². The van der Waals surface area contributed by atoms with Gasteiger partial charge in [0.15, 0.2) is 0 Å². The first kappa shape index (κ1) is 15.8. The maximum Gasteiger partial charge on any atom is 0.0417 e. The molecule has 3 heteroatoms. The van der Waals surface area contributed by atoms with Gasteiger partial charge in [0.1, 0.15) is 0 Å². The molecule has 0 aromatic heterocycles. The van der Waals surface area contributed by atoms with Gasteiger partial charge in [0.2, 0.25) is 0 Å². The van der Waals surface area contributed by atoms with Gasteiger partial charge in [0.25, 0.3) is 0 Å². The molecule has 0 aliphatic rings. The summed E-state index contributed by atoms with van der Waals surface area (Å²) in [5.41, 5.74) is 9.90. The van der Waals surface area contributed by atoms with E-state index in [-0.39, 0.29) is 0 Å². The summed E-state index contributed by atoms with van der Waals surface area (Å²) in [7, 11) is 0. The maximum atomic E-state index is 6.02. The molecule has 0 rings (SSSR count). The van der Waals surface area contributed by atoms with Crippen molar-refractivity contribution in [2.45, 2.75) is 54.0 Å². The Labute approximate surface area is 106 Å². The summed E-state index contributed by atoms with van der Waals surface area (Å²) >= 11 is 0. The zero-order chi connectivity index (χ0) is 13.6. The smallest absolute Gasteiger partial charge is 0.0417 e. The number of hydrogen-bond donors (Lipinski definition) is 2. The molecule has 17 heavy (non-hydrogen) atoms. The number of nitrogens with zero attached hydrogens (tertiary/aromatic N) is 1. The van der Waals surface area contributed by atoms with Crippen LogP contribution in [0.15, 0.2) is 34.7 Å². The van der Waals surface area contributed by atoms with Crippen LogP contribution in [0.25, 0.3) is 0 Å². The topological polar surface area (TPSA) is 55.3 Å². The predicted molar refractivity (Wildman–Crippen MR) is 75.9 cm³/mol. The second-order valence-corrected chi connectivity index (χ2v) is 4.70. The van der Waals surface area contributed by atoms with E-state index in [1.807, 2.05) is 24.9 Å². The summed E-state index contributed by atoms with van der Waals surface area (Å²) in [5.74, 6) is 6.02. The summed E-state index contributed by atoms with van der Waals surface area (Å²) in [6.45, 7) is 12.3. The Morgan fingerprint density at radius 3 is 2.00 bits per heavy atom. The number of hydrogen-bond acceptors (Lipinski definition) is 3. The van der Waals surface area contributed by atoms with Crippen LogP contribution < -0.4 is 11.6 Å². The van der Waals surface area contributed by atoms with Crippen LogP contribution in [0.3, 0.4) is 0 Å². The maximum absolute atomic E-state index is 6.02. The minimum absolute atomic E-state index is 0.353. The molecule has 0 amide bonds. The normalized spacial score (nSPS) is 16.6. The minimum Gasteiger partial charge on any atom is -0.402 e. The lowest BCUT2D eigenvalue weighted by Crippen LogP contribution is -2.37. The molecule has 0 aliphatic carbocycles. The molecule has 0 aromatic rings. The standard InChI is InChI=1S/C14H27N3/c1-7-13(5)17(16)14(6)9-11(3)10(2)8-12(4)15/h8-9,13H,7,15-16H2,1-6H3/b11-10-,12-8+,14-9+. The predicted octanol–water partition coefficient (Wildman–Crippen LogP) is 3.06. The molecule has 0 aromatic carbocycles. The molecule has 0 fully saturated rings. The average molecular weight is 237 g/mol. The molecular weight excluding hydrogens is 210 g/mol. The van der Waals surface area contributed by atoms with Gasteiger partial charge < -0.3 is 10.7 Å². The van der Waals surface area contributed by atoms with E-state index in [1.165, 1.54) is 11.1 Å². The molecule has 0 saturated heterocycles. The lowest BCUT2D eigenvalue weighted by atomic mass is 10.1. The van der Waals surface area contributed by atoms with Crippen molar-refractivity contribution in [1.82, 2.24) is 5.01 Å². The monoisotopic (exact) mass is 237 g/mol. The van der Waals surface area contributed by atoms with Gasteiger partial charge in [-0.2, -0.15) is 0 Å². The van der Waals surface area contributed by atoms with E-state index in [0.717, 1.165) is 17.8 Å². The van der Waals surface area contributed by atoms with E-state index < -0.39 is 0 Å². The van der Waals surface area contributed by atoms with Gasteiger partial charge in [-0.3, -0.25) is 0 Å². The summed E-state index contributed by atoms with van der Waals surface area (Å²) in [6.07, 6.45) is 5.11. The fourth-order valence-electron chi connectivity index (χ4n) is 1.50. The molecule has 4 N–H and O–H groups in total. The first-order valence-electron chi connectivity index (χ1n) is 6.13. The van der Waals surface area contributed by atoms with E-state index in [0.29, 0.717) is 6.04 Å². The fourth-order valence-corrected chi connectivity index (χ4v) is 1.50. The molecule has 98 valence electrons. The first-order valence-corrected chi connectivity index (χ1v) is 6.13. The van der Waals surface area contributed by atoms with Crippen molar-refractivity contribution in [1.29, 1.82) is 0 Å². The third kappa shape index (κ3) is 5.59. The third-order valence-corrected chi connectivity index (χ3v) is 2.96. The van der Waals surface area contributed by atoms with Gasteiger partial charge in [-0.1, -0.05) is 6.92 Å². The van der Waals surface area contributed by atoms with Gasteiger partial charge in [0.05, 0.1) is 0 Å². The van der Waals surface area contributed by atoms with Crippen LogP contribution in [-0.4, -0.2) is 11.1 Å². The Kier molecular flexibility index (Phi) is 6.66. The highest BCUT2D eigenvalue weighted by atomic mass is 15.4. The van der Waals surface area contributed by atoms with Crippen LogP contribution in [0, 0.1) is 0 Å². The Morgan fingerprint density at radius 1 is 1.12 bits per heavy atom. The van der Waals surface area contributed by atoms with Gasteiger partial charge in [-0.25, -0.2) is 5.84 Å². The SMILES string of the molecule is CCC(C)N(N)/C(C)=C/C(C)=C(C)\C=C(/C)N. The van der Waals surface area contributed by atoms with Crippen molar-refractivity contribution >= 4 is 0 Å². The number of hydrazine groups is 1. The first-order chi connectivity index (χ1) is 7.79. The zero-order valence-electron chi connectivity index (χ0n) is 12.0. The van der Waals surface area contributed by atoms with Gasteiger partial charge in [0, 0.05) is 17.4 Å². The summed E-state index contributed by atoms with van der Waals surface area (Å²) in [6, 6.07) is 0.353. The Bertz CT molecular complexity index is 333. The van der Waals surface area contributed by atoms with Crippen LogP contribution in [0.2, 0.25) is 0 Å². The van der Waals surface area contributed by atoms with E-state index in [4.69, 9.17) is 11.6 Å². The van der Waals surface area contributed by atoms with Gasteiger partial charge in [-0.05, 0) is 64.3 Å². The molecule has 1 atom stereocenters. The highest BCUT2D eigenvalue weighted by Crippen LogP contribution is 2.13. The molecule has 1 unspecified atom stereocenters. The van der Waals surface area contributed by atoms with Crippen LogP contribution in [0.1, 0.15) is 48.0 Å².